The van der Waals surface area contributed by atoms with Crippen LogP contribution in [-0.2, 0) is 9.53 Å². The molecule has 1 aliphatic rings. The van der Waals surface area contributed by atoms with Gasteiger partial charge in [0.25, 0.3) is 0 Å². The Hall–Kier alpha value is -0.610. The van der Waals surface area contributed by atoms with E-state index in [0.29, 0.717) is 6.04 Å². The fourth-order valence-corrected chi connectivity index (χ4v) is 2.44. The molecule has 0 aliphatic heterocycles. The molecular formula is C15H30N2O2. The van der Waals surface area contributed by atoms with Gasteiger partial charge in [-0.3, -0.25) is 4.79 Å². The predicted molar refractivity (Wildman–Crippen MR) is 78.2 cm³/mol. The number of ether oxygens (including phenoxy) is 1. The molecule has 2 N–H and O–H groups in total. The second-order valence-electron chi connectivity index (χ2n) is 6.22. The molecule has 1 amide bonds. The normalized spacial score (nSPS) is 25.9. The maximum absolute atomic E-state index is 12.1. The summed E-state index contributed by atoms with van der Waals surface area (Å²) in [5.41, 5.74) is -0.163. The lowest BCUT2D eigenvalue weighted by atomic mass is 9.92. The largest absolute Gasteiger partial charge is 0.364 e. The molecule has 4 heteroatoms. The van der Waals surface area contributed by atoms with Gasteiger partial charge in [0, 0.05) is 11.6 Å². The van der Waals surface area contributed by atoms with Gasteiger partial charge in [0.2, 0.25) is 5.91 Å². The first-order valence-electron chi connectivity index (χ1n) is 7.54. The Bertz CT molecular complexity index is 292. The number of nitrogens with one attached hydrogen (secondary N) is 2. The van der Waals surface area contributed by atoms with Crippen molar-refractivity contribution in [2.24, 2.45) is 0 Å². The van der Waals surface area contributed by atoms with Crippen LogP contribution in [-0.4, -0.2) is 36.7 Å². The topological polar surface area (TPSA) is 50.4 Å². The second-order valence-corrected chi connectivity index (χ2v) is 6.22. The van der Waals surface area contributed by atoms with Crippen molar-refractivity contribution in [2.45, 2.75) is 83.6 Å². The molecule has 0 bridgehead atoms. The maximum Gasteiger partial charge on any atom is 0.249 e. The quantitative estimate of drug-likeness (QED) is 0.778. The van der Waals surface area contributed by atoms with Crippen molar-refractivity contribution < 1.29 is 9.53 Å². The highest BCUT2D eigenvalue weighted by Gasteiger charge is 2.29. The first kappa shape index (κ1) is 16.4. The molecule has 4 nitrogen and oxygen atoms in total. The third-order valence-corrected chi connectivity index (χ3v) is 4.17. The van der Waals surface area contributed by atoms with E-state index in [2.05, 4.69) is 17.6 Å². The molecule has 3 unspecified atom stereocenters. The number of carbonyl (C=O) groups is 1. The molecule has 0 spiro atoms. The first-order chi connectivity index (χ1) is 8.89. The summed E-state index contributed by atoms with van der Waals surface area (Å²) >= 11 is 0. The smallest absolute Gasteiger partial charge is 0.249 e. The molecular weight excluding hydrogens is 240 g/mol. The van der Waals surface area contributed by atoms with Gasteiger partial charge in [0.05, 0.1) is 6.10 Å². The highest BCUT2D eigenvalue weighted by atomic mass is 16.5. The van der Waals surface area contributed by atoms with E-state index in [1.807, 2.05) is 27.8 Å². The van der Waals surface area contributed by atoms with Crippen molar-refractivity contribution in [1.29, 1.82) is 0 Å². The number of rotatable bonds is 6. The van der Waals surface area contributed by atoms with Crippen LogP contribution in [0.5, 0.6) is 0 Å². The third-order valence-electron chi connectivity index (χ3n) is 4.17. The van der Waals surface area contributed by atoms with Crippen LogP contribution >= 0.6 is 0 Å². The molecule has 19 heavy (non-hydrogen) atoms. The fraction of sp³-hybridized carbons (Fsp3) is 0.933. The molecule has 0 aromatic heterocycles. The predicted octanol–water partition coefficient (Wildman–Crippen LogP) is 2.23. The van der Waals surface area contributed by atoms with E-state index in [1.54, 1.807) is 0 Å². The lowest BCUT2D eigenvalue weighted by Crippen LogP contribution is -2.50. The summed E-state index contributed by atoms with van der Waals surface area (Å²) in [5.74, 6) is -0.00715. The first-order valence-corrected chi connectivity index (χ1v) is 7.54. The summed E-state index contributed by atoms with van der Waals surface area (Å²) in [5, 5.41) is 6.34. The SMILES string of the molecule is CCC(C)(C)NC(=O)C(C)OC1CCCCC1NC. The van der Waals surface area contributed by atoms with Crippen molar-refractivity contribution in [1.82, 2.24) is 10.6 Å². The summed E-state index contributed by atoms with van der Waals surface area (Å²) in [7, 11) is 1.97. The van der Waals surface area contributed by atoms with Gasteiger partial charge in [-0.25, -0.2) is 0 Å². The van der Waals surface area contributed by atoms with Crippen LogP contribution in [0.4, 0.5) is 0 Å². The zero-order chi connectivity index (χ0) is 14.5. The average Bonchev–Trinajstić information content (AvgIpc) is 2.38. The molecule has 1 aliphatic carbocycles. The Labute approximate surface area is 117 Å². The van der Waals surface area contributed by atoms with E-state index in [0.717, 1.165) is 19.3 Å². The molecule has 1 saturated carbocycles. The van der Waals surface area contributed by atoms with Crippen LogP contribution in [0.3, 0.4) is 0 Å². The molecule has 0 aromatic rings. The summed E-state index contributed by atoms with van der Waals surface area (Å²) in [6.45, 7) is 8.00. The minimum absolute atomic E-state index is 0.00715. The number of amides is 1. The van der Waals surface area contributed by atoms with Gasteiger partial charge in [0.1, 0.15) is 6.10 Å². The van der Waals surface area contributed by atoms with Gasteiger partial charge in [-0.15, -0.1) is 0 Å². The third kappa shape index (κ3) is 5.11. The molecule has 1 rings (SSSR count). The van der Waals surface area contributed by atoms with Crippen molar-refractivity contribution in [3.05, 3.63) is 0 Å². The number of hydrogen-bond acceptors (Lipinski definition) is 3. The molecule has 0 radical (unpaired) electrons. The Balaban J connectivity index is 2.48. The van der Waals surface area contributed by atoms with Crippen molar-refractivity contribution in [3.63, 3.8) is 0 Å². The van der Waals surface area contributed by atoms with Crippen LogP contribution < -0.4 is 10.6 Å². The van der Waals surface area contributed by atoms with Crippen molar-refractivity contribution in [2.75, 3.05) is 7.05 Å². The molecule has 112 valence electrons. The number of likely N-dealkylation sites (N-methyl/N-ethyl adjacent to an activating group) is 1. The number of carbonyl (C=O) groups excluding carboxylic acids is 1. The highest BCUT2D eigenvalue weighted by Crippen LogP contribution is 2.22. The van der Waals surface area contributed by atoms with E-state index in [4.69, 9.17) is 4.74 Å². The number of hydrogen-bond donors (Lipinski definition) is 2. The summed E-state index contributed by atoms with van der Waals surface area (Å²) in [6.07, 6.45) is 5.30. The molecule has 0 heterocycles. The van der Waals surface area contributed by atoms with Crippen molar-refractivity contribution >= 4 is 5.91 Å². The van der Waals surface area contributed by atoms with Gasteiger partial charge in [-0.1, -0.05) is 19.8 Å². The Kier molecular flexibility index (Phi) is 6.27. The second kappa shape index (κ2) is 7.25. The summed E-state index contributed by atoms with van der Waals surface area (Å²) < 4.78 is 5.97. The minimum Gasteiger partial charge on any atom is -0.364 e. The Morgan fingerprint density at radius 3 is 2.58 bits per heavy atom. The van der Waals surface area contributed by atoms with E-state index in [9.17, 15) is 4.79 Å². The van der Waals surface area contributed by atoms with Crippen LogP contribution in [0.25, 0.3) is 0 Å². The standard InChI is InChI=1S/C15H30N2O2/c1-6-15(3,4)17-14(18)11(2)19-13-10-8-7-9-12(13)16-5/h11-13,16H,6-10H2,1-5H3,(H,17,18). The van der Waals surface area contributed by atoms with Gasteiger partial charge in [-0.2, -0.15) is 0 Å². The highest BCUT2D eigenvalue weighted by molar-refractivity contribution is 5.81. The van der Waals surface area contributed by atoms with Crippen LogP contribution in [0.15, 0.2) is 0 Å². The molecule has 1 fully saturated rings. The van der Waals surface area contributed by atoms with Crippen LogP contribution in [0, 0.1) is 0 Å². The zero-order valence-electron chi connectivity index (χ0n) is 13.1. The van der Waals surface area contributed by atoms with Gasteiger partial charge >= 0.3 is 0 Å². The lowest BCUT2D eigenvalue weighted by Gasteiger charge is -2.34. The van der Waals surface area contributed by atoms with Crippen LogP contribution in [0.2, 0.25) is 0 Å². The van der Waals surface area contributed by atoms with Crippen molar-refractivity contribution in [3.8, 4) is 0 Å². The summed E-state index contributed by atoms with van der Waals surface area (Å²) in [6, 6.07) is 0.378. The van der Waals surface area contributed by atoms with Crippen LogP contribution in [0.1, 0.15) is 59.8 Å². The van der Waals surface area contributed by atoms with Gasteiger partial charge in [0.15, 0.2) is 0 Å². The van der Waals surface area contributed by atoms with E-state index in [1.165, 1.54) is 12.8 Å². The van der Waals surface area contributed by atoms with Gasteiger partial charge in [-0.05, 0) is 47.1 Å². The van der Waals surface area contributed by atoms with E-state index in [-0.39, 0.29) is 23.7 Å². The Morgan fingerprint density at radius 1 is 1.37 bits per heavy atom. The minimum atomic E-state index is -0.384. The van der Waals surface area contributed by atoms with Gasteiger partial charge < -0.3 is 15.4 Å². The molecule has 3 atom stereocenters. The monoisotopic (exact) mass is 270 g/mol. The molecule has 0 aromatic carbocycles. The lowest BCUT2D eigenvalue weighted by molar-refractivity contribution is -0.139. The van der Waals surface area contributed by atoms with E-state index >= 15 is 0 Å². The maximum atomic E-state index is 12.1. The Morgan fingerprint density at radius 2 is 2.00 bits per heavy atom. The fourth-order valence-electron chi connectivity index (χ4n) is 2.44. The molecule has 0 saturated heterocycles. The average molecular weight is 270 g/mol. The zero-order valence-corrected chi connectivity index (χ0v) is 13.1. The van der Waals surface area contributed by atoms with E-state index < -0.39 is 0 Å². The summed E-state index contributed by atoms with van der Waals surface area (Å²) in [4.78, 5) is 12.1.